The average molecular weight is 330 g/mol. The number of carbonyl (C=O) groups excluding carboxylic acids is 3. The molecule has 0 fully saturated rings. The lowest BCUT2D eigenvalue weighted by Crippen LogP contribution is -2.60. The monoisotopic (exact) mass is 330 g/mol. The van der Waals surface area contributed by atoms with E-state index in [1.165, 1.54) is 0 Å². The number of unbranched alkanes of at least 4 members (excludes halogenated alkanes) is 2. The smallest absolute Gasteiger partial charge is 0.307 e. The van der Waals surface area contributed by atoms with Crippen molar-refractivity contribution in [3.8, 4) is 0 Å². The summed E-state index contributed by atoms with van der Waals surface area (Å²) in [4.78, 5) is 37.1. The molecule has 0 heterocycles. The van der Waals surface area contributed by atoms with Gasteiger partial charge in [0.05, 0.1) is 6.61 Å². The third kappa shape index (κ3) is 6.03. The lowest BCUT2D eigenvalue weighted by atomic mass is 9.82. The van der Waals surface area contributed by atoms with Crippen LogP contribution in [0.4, 0.5) is 0 Å². The Kier molecular flexibility index (Phi) is 10.7. The fourth-order valence-corrected chi connectivity index (χ4v) is 2.32. The van der Waals surface area contributed by atoms with Crippen LogP contribution in [0.3, 0.4) is 0 Å². The molecule has 0 aliphatic heterocycles. The first-order valence-electron chi connectivity index (χ1n) is 8.47. The van der Waals surface area contributed by atoms with Gasteiger partial charge in [0.2, 0.25) is 0 Å². The number of hydrogen-bond donors (Lipinski definition) is 2. The number of carbonyl (C=O) groups is 3. The number of ether oxygens (including phenoxy) is 1. The molecule has 134 valence electrons. The van der Waals surface area contributed by atoms with Crippen LogP contribution in [0.25, 0.3) is 0 Å². The first kappa shape index (κ1) is 21.7. The quantitative estimate of drug-likeness (QED) is 0.395. The van der Waals surface area contributed by atoms with Gasteiger partial charge >= 0.3 is 5.97 Å². The van der Waals surface area contributed by atoms with E-state index in [9.17, 15) is 24.6 Å². The van der Waals surface area contributed by atoms with Crippen molar-refractivity contribution in [2.24, 2.45) is 0 Å². The van der Waals surface area contributed by atoms with E-state index in [0.29, 0.717) is 19.3 Å². The van der Waals surface area contributed by atoms with Crippen LogP contribution >= 0.6 is 0 Å². The molecule has 6 nitrogen and oxygen atoms in total. The number of aliphatic hydroxyl groups excluding tert-OH is 2. The molecular formula is C17H30O6. The topological polar surface area (TPSA) is 101 Å². The van der Waals surface area contributed by atoms with E-state index >= 15 is 0 Å². The maximum absolute atomic E-state index is 12.6. The van der Waals surface area contributed by atoms with E-state index in [1.807, 2.05) is 13.8 Å². The van der Waals surface area contributed by atoms with Crippen LogP contribution in [0.5, 0.6) is 0 Å². The van der Waals surface area contributed by atoms with Gasteiger partial charge in [-0.2, -0.15) is 0 Å². The van der Waals surface area contributed by atoms with Gasteiger partial charge in [0, 0.05) is 19.3 Å². The summed E-state index contributed by atoms with van der Waals surface area (Å²) in [7, 11) is 0. The van der Waals surface area contributed by atoms with Gasteiger partial charge in [0.1, 0.15) is 6.10 Å². The van der Waals surface area contributed by atoms with Crippen LogP contribution in [0.15, 0.2) is 0 Å². The van der Waals surface area contributed by atoms with Crippen molar-refractivity contribution in [2.45, 2.75) is 83.8 Å². The maximum Gasteiger partial charge on any atom is 0.307 e. The van der Waals surface area contributed by atoms with Gasteiger partial charge in [0.25, 0.3) is 5.60 Å². The Hall–Kier alpha value is -1.27. The van der Waals surface area contributed by atoms with Crippen molar-refractivity contribution in [2.75, 3.05) is 6.61 Å². The van der Waals surface area contributed by atoms with Gasteiger partial charge in [-0.05, 0) is 19.3 Å². The first-order valence-corrected chi connectivity index (χ1v) is 8.47. The minimum atomic E-state index is -2.27. The van der Waals surface area contributed by atoms with Crippen LogP contribution < -0.4 is 0 Å². The van der Waals surface area contributed by atoms with Crippen molar-refractivity contribution in [3.63, 3.8) is 0 Å². The molecule has 23 heavy (non-hydrogen) atoms. The summed E-state index contributed by atoms with van der Waals surface area (Å²) < 4.78 is 5.20. The van der Waals surface area contributed by atoms with Crippen molar-refractivity contribution in [1.29, 1.82) is 0 Å². The van der Waals surface area contributed by atoms with Gasteiger partial charge in [0.15, 0.2) is 11.6 Å². The fraction of sp³-hybridized carbons (Fsp3) is 0.824. The molecule has 2 N–H and O–H groups in total. The Balaban J connectivity index is 5.65. The Morgan fingerprint density at radius 3 is 1.74 bits per heavy atom. The number of Topliss-reactive ketones (excluding diaryl/α,β-unsaturated/α-hetero) is 2. The minimum Gasteiger partial charge on any atom is -0.440 e. The normalized spacial score (nSPS) is 12.7. The number of hydrogen-bond acceptors (Lipinski definition) is 6. The van der Waals surface area contributed by atoms with E-state index < -0.39 is 35.8 Å². The maximum atomic E-state index is 12.6. The van der Waals surface area contributed by atoms with Crippen molar-refractivity contribution < 1.29 is 29.3 Å². The summed E-state index contributed by atoms with van der Waals surface area (Å²) in [6, 6.07) is 0. The highest BCUT2D eigenvalue weighted by Gasteiger charge is 2.53. The summed E-state index contributed by atoms with van der Waals surface area (Å²) >= 11 is 0. The third-order valence-electron chi connectivity index (χ3n) is 3.71. The van der Waals surface area contributed by atoms with Crippen LogP contribution in [0, 0.1) is 0 Å². The largest absolute Gasteiger partial charge is 0.440 e. The zero-order valence-corrected chi connectivity index (χ0v) is 14.5. The Bertz CT molecular complexity index is 371. The van der Waals surface area contributed by atoms with Crippen LogP contribution in [-0.4, -0.2) is 46.1 Å². The lowest BCUT2D eigenvalue weighted by Gasteiger charge is -2.34. The molecule has 0 rings (SSSR count). The Morgan fingerprint density at radius 1 is 0.913 bits per heavy atom. The number of rotatable bonds is 13. The molecule has 0 aliphatic rings. The average Bonchev–Trinajstić information content (AvgIpc) is 2.54. The molecule has 0 bridgehead atoms. The predicted octanol–water partition coefficient (Wildman–Crippen LogP) is 1.94. The van der Waals surface area contributed by atoms with E-state index in [-0.39, 0.29) is 19.3 Å². The van der Waals surface area contributed by atoms with Crippen molar-refractivity contribution >= 4 is 17.5 Å². The van der Waals surface area contributed by atoms with Gasteiger partial charge < -0.3 is 14.9 Å². The van der Waals surface area contributed by atoms with Gasteiger partial charge in [-0.15, -0.1) is 0 Å². The summed E-state index contributed by atoms with van der Waals surface area (Å²) in [5.41, 5.74) is -2.27. The Labute approximate surface area is 138 Å². The van der Waals surface area contributed by atoms with Gasteiger partial charge in [-0.25, -0.2) is 0 Å². The summed E-state index contributed by atoms with van der Waals surface area (Å²) in [5, 5.41) is 19.5. The molecular weight excluding hydrogens is 300 g/mol. The first-order chi connectivity index (χ1) is 10.9. The lowest BCUT2D eigenvalue weighted by molar-refractivity contribution is -0.188. The second-order valence-electron chi connectivity index (χ2n) is 5.71. The molecule has 0 amide bonds. The standard InChI is InChI=1S/C17H30O6/c1-4-7-10-13(19)17(15(21)12-18,14(20)11-8-5-2)23-16(22)9-6-3/h15,18,21H,4-12H2,1-3H3. The van der Waals surface area contributed by atoms with Crippen LogP contribution in [0.2, 0.25) is 0 Å². The highest BCUT2D eigenvalue weighted by molar-refractivity contribution is 6.12. The van der Waals surface area contributed by atoms with Gasteiger partial charge in [-0.1, -0.05) is 33.6 Å². The summed E-state index contributed by atoms with van der Waals surface area (Å²) in [6.45, 7) is 4.72. The molecule has 0 aromatic rings. The van der Waals surface area contributed by atoms with Crippen LogP contribution in [0.1, 0.15) is 72.1 Å². The molecule has 0 aromatic carbocycles. The molecule has 0 aliphatic carbocycles. The number of esters is 1. The van der Waals surface area contributed by atoms with E-state index in [4.69, 9.17) is 4.74 Å². The summed E-state index contributed by atoms with van der Waals surface area (Å²) in [5.74, 6) is -1.98. The van der Waals surface area contributed by atoms with E-state index in [0.717, 1.165) is 12.8 Å². The SMILES string of the molecule is CCCCC(=O)C(OC(=O)CCC)(C(=O)CCCC)C(O)CO. The fourth-order valence-electron chi connectivity index (χ4n) is 2.32. The molecule has 0 radical (unpaired) electrons. The van der Waals surface area contributed by atoms with Gasteiger partial charge in [-0.3, -0.25) is 14.4 Å². The van der Waals surface area contributed by atoms with Crippen LogP contribution in [-0.2, 0) is 19.1 Å². The number of ketones is 2. The molecule has 6 heteroatoms. The third-order valence-corrected chi connectivity index (χ3v) is 3.71. The van der Waals surface area contributed by atoms with Crippen molar-refractivity contribution in [1.82, 2.24) is 0 Å². The Morgan fingerprint density at radius 2 is 1.39 bits per heavy atom. The summed E-state index contributed by atoms with van der Waals surface area (Å²) in [6.07, 6.45) is 1.33. The van der Waals surface area contributed by atoms with E-state index in [2.05, 4.69) is 0 Å². The second kappa shape index (κ2) is 11.3. The highest BCUT2D eigenvalue weighted by Crippen LogP contribution is 2.26. The molecule has 0 aromatic heterocycles. The van der Waals surface area contributed by atoms with Crippen molar-refractivity contribution in [3.05, 3.63) is 0 Å². The number of aliphatic hydroxyl groups is 2. The molecule has 0 spiro atoms. The minimum absolute atomic E-state index is 0.0187. The highest BCUT2D eigenvalue weighted by atomic mass is 16.6. The molecule has 1 unspecified atom stereocenters. The van der Waals surface area contributed by atoms with E-state index in [1.54, 1.807) is 6.92 Å². The molecule has 1 atom stereocenters. The molecule has 0 saturated carbocycles. The zero-order chi connectivity index (χ0) is 17.9. The predicted molar refractivity (Wildman–Crippen MR) is 85.9 cm³/mol. The zero-order valence-electron chi connectivity index (χ0n) is 14.5. The molecule has 0 saturated heterocycles. The second-order valence-corrected chi connectivity index (χ2v) is 5.71.